The molecular weight excluding hydrogens is 281 g/mol. The summed E-state index contributed by atoms with van der Waals surface area (Å²) in [5, 5.41) is 0. The molecule has 0 aromatic heterocycles. The smallest absolute Gasteiger partial charge is 0.119 e. The second-order valence-corrected chi connectivity index (χ2v) is 4.76. The highest BCUT2D eigenvalue weighted by Crippen LogP contribution is 2.14. The Kier molecular flexibility index (Phi) is 5.60. The lowest BCUT2D eigenvalue weighted by atomic mass is 10.2. The molecule has 4 heteroatoms. The van der Waals surface area contributed by atoms with Crippen LogP contribution in [0.25, 0.3) is 0 Å². The van der Waals surface area contributed by atoms with E-state index in [1.165, 1.54) is 0 Å². The van der Waals surface area contributed by atoms with Gasteiger partial charge in [-0.3, -0.25) is 4.90 Å². The van der Waals surface area contributed by atoms with E-state index in [4.69, 9.17) is 21.8 Å². The van der Waals surface area contributed by atoms with Crippen LogP contribution in [0.1, 0.15) is 36.7 Å². The third kappa shape index (κ3) is 6.03. The van der Waals surface area contributed by atoms with Crippen LogP contribution in [0, 0.1) is 0 Å². The molecule has 1 saturated heterocycles. The first kappa shape index (κ1) is 11.2. The summed E-state index contributed by atoms with van der Waals surface area (Å²) in [4.78, 5) is 1.56. The Balaban J connectivity index is 0.00000264. The van der Waals surface area contributed by atoms with Gasteiger partial charge in [0.2, 0.25) is 0 Å². The highest BCUT2D eigenvalue weighted by molar-refractivity contribution is 6.17. The first-order chi connectivity index (χ1) is 10.4. The number of alkyl halides is 1. The van der Waals surface area contributed by atoms with Gasteiger partial charge in [-0.2, -0.15) is 0 Å². The first-order valence-corrected chi connectivity index (χ1v) is 6.99. The fourth-order valence-electron chi connectivity index (χ4n) is 1.98. The number of likely N-dealkylation sites (tertiary alicyclic amines) is 1. The average Bonchev–Trinajstić information content (AvgIpc) is 2.77. The van der Waals surface area contributed by atoms with E-state index in [1.807, 2.05) is 0 Å². The van der Waals surface area contributed by atoms with Crippen LogP contribution >= 0.6 is 24.0 Å². The molecule has 19 heavy (non-hydrogen) atoms. The molecule has 0 radical (unpaired) electrons. The largest absolute Gasteiger partial charge is 0.492 e. The van der Waals surface area contributed by atoms with E-state index in [2.05, 4.69) is 0 Å². The summed E-state index contributed by atoms with van der Waals surface area (Å²) in [5.74, 6) is 0.680. The van der Waals surface area contributed by atoms with E-state index >= 15 is 0 Å². The van der Waals surface area contributed by atoms with Gasteiger partial charge in [0.05, 0.1) is 2.74 Å². The van der Waals surface area contributed by atoms with Crippen molar-refractivity contribution in [3.63, 3.8) is 0 Å². The van der Waals surface area contributed by atoms with Gasteiger partial charge >= 0.3 is 0 Å². The van der Waals surface area contributed by atoms with Gasteiger partial charge in [-0.1, -0.05) is 25.0 Å². The normalized spacial score (nSPS) is 21.1. The Bertz CT molecular complexity index is 477. The molecule has 0 aliphatic carbocycles. The molecule has 108 valence electrons. The zero-order valence-electron chi connectivity index (χ0n) is 14.9. The van der Waals surface area contributed by atoms with Crippen LogP contribution in [-0.2, 0) is 5.88 Å². The zero-order valence-corrected chi connectivity index (χ0v) is 12.5. The summed E-state index contributed by atoms with van der Waals surface area (Å²) in [7, 11) is 0. The third-order valence-electron chi connectivity index (χ3n) is 3.06. The van der Waals surface area contributed by atoms with Crippen LogP contribution in [0.3, 0.4) is 0 Å². The highest BCUT2D eigenvalue weighted by atomic mass is 35.5. The van der Waals surface area contributed by atoms with Gasteiger partial charge in [-0.05, 0) is 43.6 Å². The molecule has 0 amide bonds. The van der Waals surface area contributed by atoms with Crippen molar-refractivity contribution in [2.24, 2.45) is 0 Å². The Labute approximate surface area is 133 Å². The number of rotatable bonds is 5. The molecule has 2 nitrogen and oxygen atoms in total. The zero-order chi connectivity index (χ0) is 16.2. The molecule has 1 aliphatic heterocycles. The maximum absolute atomic E-state index is 8.22. The van der Waals surface area contributed by atoms with E-state index in [1.54, 1.807) is 29.2 Å². The van der Waals surface area contributed by atoms with Crippen LogP contribution in [0.2, 0.25) is 0 Å². The molecule has 1 aromatic rings. The fourth-order valence-corrected chi connectivity index (χ4v) is 2.15. The number of benzene rings is 1. The molecule has 0 unspecified atom stereocenters. The minimum absolute atomic E-state index is 0. The van der Waals surface area contributed by atoms with Gasteiger partial charge in [0.1, 0.15) is 12.3 Å². The average molecular weight is 308 g/mol. The second kappa shape index (κ2) is 9.46. The van der Waals surface area contributed by atoms with Crippen molar-refractivity contribution in [3.05, 3.63) is 29.8 Å². The van der Waals surface area contributed by atoms with Gasteiger partial charge in [-0.15, -0.1) is 24.0 Å². The maximum atomic E-state index is 8.22. The SMILES string of the molecule is Cl.[2H]C([2H])(Oc1ccc(CCl)cc1)C([2H])([2H])N1CCCCCC1. The summed E-state index contributed by atoms with van der Waals surface area (Å²) in [6.45, 7) is -3.50. The van der Waals surface area contributed by atoms with E-state index in [-0.39, 0.29) is 12.4 Å². The number of nitrogens with zero attached hydrogens (tertiary/aromatic N) is 1. The van der Waals surface area contributed by atoms with Crippen LogP contribution in [-0.4, -0.2) is 31.0 Å². The van der Waals surface area contributed by atoms with Crippen molar-refractivity contribution in [3.8, 4) is 5.75 Å². The molecule has 1 aliphatic rings. The Morgan fingerprint density at radius 2 is 1.74 bits per heavy atom. The molecule has 1 fully saturated rings. The van der Waals surface area contributed by atoms with Crippen molar-refractivity contribution in [1.29, 1.82) is 0 Å². The van der Waals surface area contributed by atoms with Crippen molar-refractivity contribution >= 4 is 24.0 Å². The lowest BCUT2D eigenvalue weighted by Gasteiger charge is -2.19. The quantitative estimate of drug-likeness (QED) is 0.759. The molecule has 0 bridgehead atoms. The Hall–Kier alpha value is -0.440. The molecule has 2 rings (SSSR count). The van der Waals surface area contributed by atoms with Crippen LogP contribution in [0.5, 0.6) is 5.75 Å². The van der Waals surface area contributed by atoms with Crippen LogP contribution < -0.4 is 4.74 Å². The lowest BCUT2D eigenvalue weighted by molar-refractivity contribution is 0.214. The summed E-state index contributed by atoms with van der Waals surface area (Å²) >= 11 is 5.72. The second-order valence-electron chi connectivity index (χ2n) is 4.49. The van der Waals surface area contributed by atoms with Gasteiger partial charge in [0.15, 0.2) is 0 Å². The summed E-state index contributed by atoms with van der Waals surface area (Å²) in [6.07, 6.45) is 3.91. The molecule has 0 atom stereocenters. The molecule has 0 N–H and O–H groups in total. The first-order valence-electron chi connectivity index (χ1n) is 8.46. The summed E-state index contributed by atoms with van der Waals surface area (Å²) in [5.41, 5.74) is 0.908. The van der Waals surface area contributed by atoms with E-state index < -0.39 is 13.1 Å². The van der Waals surface area contributed by atoms with E-state index in [0.717, 1.165) is 31.2 Å². The van der Waals surface area contributed by atoms with Gasteiger partial charge in [-0.25, -0.2) is 0 Å². The lowest BCUT2D eigenvalue weighted by Crippen LogP contribution is -2.29. The number of hydrogen-bond donors (Lipinski definition) is 0. The number of halogens is 2. The molecule has 0 spiro atoms. The Morgan fingerprint density at radius 3 is 2.32 bits per heavy atom. The van der Waals surface area contributed by atoms with Crippen LogP contribution in [0.15, 0.2) is 24.3 Å². The predicted octanol–water partition coefficient (Wildman–Crippen LogP) is 4.10. The number of hydrogen-bond acceptors (Lipinski definition) is 2. The summed E-state index contributed by atoms with van der Waals surface area (Å²) in [6, 6.07) is 6.74. The van der Waals surface area contributed by atoms with Crippen molar-refractivity contribution < 1.29 is 10.2 Å². The maximum Gasteiger partial charge on any atom is 0.119 e. The third-order valence-corrected chi connectivity index (χ3v) is 3.36. The Morgan fingerprint density at radius 1 is 1.11 bits per heavy atom. The monoisotopic (exact) mass is 307 g/mol. The van der Waals surface area contributed by atoms with Crippen LogP contribution in [0.4, 0.5) is 0 Å². The number of ether oxygens (including phenoxy) is 1. The van der Waals surface area contributed by atoms with Crippen molar-refractivity contribution in [2.45, 2.75) is 31.6 Å². The molecule has 1 aromatic carbocycles. The minimum Gasteiger partial charge on any atom is -0.492 e. The van der Waals surface area contributed by atoms with Crippen molar-refractivity contribution in [1.82, 2.24) is 4.90 Å². The van der Waals surface area contributed by atoms with E-state index in [0.29, 0.717) is 24.7 Å². The topological polar surface area (TPSA) is 12.5 Å². The molecule has 0 saturated carbocycles. The van der Waals surface area contributed by atoms with Gasteiger partial charge in [0, 0.05) is 15.1 Å². The standard InChI is InChI=1S/C15H22ClNO.ClH/c16-13-14-5-7-15(8-6-14)18-12-11-17-9-3-1-2-4-10-17;/h5-8H,1-4,9-13H2;1H/i11D2,12D2;. The fraction of sp³-hybridized carbons (Fsp3) is 0.600. The minimum atomic E-state index is -2.43. The van der Waals surface area contributed by atoms with Gasteiger partial charge < -0.3 is 4.74 Å². The highest BCUT2D eigenvalue weighted by Gasteiger charge is 2.08. The molecular formula is C15H23Cl2NO. The predicted molar refractivity (Wildman–Crippen MR) is 83.7 cm³/mol. The van der Waals surface area contributed by atoms with Crippen molar-refractivity contribution in [2.75, 3.05) is 26.1 Å². The van der Waals surface area contributed by atoms with Gasteiger partial charge in [0.25, 0.3) is 0 Å². The summed E-state index contributed by atoms with van der Waals surface area (Å²) < 4.78 is 37.9. The molecule has 1 heterocycles. The van der Waals surface area contributed by atoms with E-state index in [9.17, 15) is 0 Å².